The molecule has 0 saturated carbocycles. The standard InChI is InChI=1S/C30H25ClN4O4/c1-34-17-32-27(28(34)20-8-11-25(23(31)14-20)39-16-18-5-3-2-4-6-18)19-7-9-22-21(13-19)15-35(30(22)38)24-10-12-26(36)33-29(24)37/h2-9,11,13-14,17,24H,10,12,15-16H2,1H3,(H,33,36,37). The number of aromatic nitrogens is 2. The number of benzene rings is 3. The van der Waals surface area contributed by atoms with Crippen LogP contribution >= 0.6 is 11.6 Å². The summed E-state index contributed by atoms with van der Waals surface area (Å²) in [4.78, 5) is 43.2. The zero-order valence-corrected chi connectivity index (χ0v) is 21.9. The molecule has 1 saturated heterocycles. The smallest absolute Gasteiger partial charge is 0.255 e. The Morgan fingerprint density at radius 1 is 1.03 bits per heavy atom. The molecule has 1 fully saturated rings. The van der Waals surface area contributed by atoms with Crippen molar-refractivity contribution in [1.82, 2.24) is 19.8 Å². The van der Waals surface area contributed by atoms with E-state index in [9.17, 15) is 14.4 Å². The van der Waals surface area contributed by atoms with E-state index in [1.807, 2.05) is 72.3 Å². The van der Waals surface area contributed by atoms with Crippen LogP contribution in [-0.4, -0.2) is 38.2 Å². The molecule has 4 aromatic rings. The van der Waals surface area contributed by atoms with Gasteiger partial charge in [0.05, 0.1) is 22.7 Å². The largest absolute Gasteiger partial charge is 0.487 e. The summed E-state index contributed by atoms with van der Waals surface area (Å²) in [5.74, 6) is -0.336. The lowest BCUT2D eigenvalue weighted by Gasteiger charge is -2.29. The Hall–Kier alpha value is -4.43. The Labute approximate surface area is 230 Å². The molecule has 1 aromatic heterocycles. The third-order valence-corrected chi connectivity index (χ3v) is 7.47. The SMILES string of the molecule is Cn1cnc(-c2ccc3c(c2)CN(C2CCC(=O)NC2=O)C3=O)c1-c1ccc(OCc2ccccc2)c(Cl)c1. The summed E-state index contributed by atoms with van der Waals surface area (Å²) in [6.07, 6.45) is 2.29. The first-order chi connectivity index (χ1) is 18.9. The Bertz CT molecular complexity index is 1610. The van der Waals surface area contributed by atoms with Crippen molar-refractivity contribution in [2.24, 2.45) is 7.05 Å². The molecule has 0 radical (unpaired) electrons. The highest BCUT2D eigenvalue weighted by Gasteiger charge is 2.39. The van der Waals surface area contributed by atoms with Gasteiger partial charge in [-0.25, -0.2) is 4.98 Å². The lowest BCUT2D eigenvalue weighted by atomic mass is 10.0. The van der Waals surface area contributed by atoms with E-state index in [0.717, 1.165) is 33.6 Å². The van der Waals surface area contributed by atoms with Crippen LogP contribution in [0.2, 0.25) is 5.02 Å². The number of nitrogens with one attached hydrogen (secondary N) is 1. The van der Waals surface area contributed by atoms with E-state index in [0.29, 0.717) is 35.9 Å². The molecule has 3 amide bonds. The van der Waals surface area contributed by atoms with Crippen LogP contribution in [0, 0.1) is 0 Å². The second-order valence-corrected chi connectivity index (χ2v) is 10.2. The van der Waals surface area contributed by atoms with Crippen LogP contribution in [0.5, 0.6) is 5.75 Å². The predicted molar refractivity (Wildman–Crippen MR) is 146 cm³/mol. The molecule has 3 aromatic carbocycles. The monoisotopic (exact) mass is 540 g/mol. The third kappa shape index (κ3) is 4.68. The molecule has 1 unspecified atom stereocenters. The Balaban J connectivity index is 1.26. The number of ether oxygens (including phenoxy) is 1. The topological polar surface area (TPSA) is 93.5 Å². The van der Waals surface area contributed by atoms with E-state index < -0.39 is 11.9 Å². The summed E-state index contributed by atoms with van der Waals surface area (Å²) in [6, 6.07) is 20.5. The fraction of sp³-hybridized carbons (Fsp3) is 0.200. The van der Waals surface area contributed by atoms with Gasteiger partial charge < -0.3 is 14.2 Å². The van der Waals surface area contributed by atoms with Gasteiger partial charge in [0, 0.05) is 36.7 Å². The second kappa shape index (κ2) is 10.0. The van der Waals surface area contributed by atoms with Gasteiger partial charge in [0.15, 0.2) is 0 Å². The second-order valence-electron chi connectivity index (χ2n) is 9.74. The van der Waals surface area contributed by atoms with Crippen LogP contribution in [0.1, 0.15) is 34.3 Å². The number of amides is 3. The van der Waals surface area contributed by atoms with Crippen LogP contribution in [0.4, 0.5) is 0 Å². The molecule has 0 spiro atoms. The molecule has 1 N–H and O–H groups in total. The highest BCUT2D eigenvalue weighted by atomic mass is 35.5. The van der Waals surface area contributed by atoms with Crippen molar-refractivity contribution in [2.45, 2.75) is 32.0 Å². The number of fused-ring (bicyclic) bond motifs is 1. The summed E-state index contributed by atoms with van der Waals surface area (Å²) in [6.45, 7) is 0.719. The van der Waals surface area contributed by atoms with E-state index >= 15 is 0 Å². The Kier molecular flexibility index (Phi) is 6.40. The van der Waals surface area contributed by atoms with Gasteiger partial charge in [-0.1, -0.05) is 48.0 Å². The first-order valence-corrected chi connectivity index (χ1v) is 13.0. The van der Waals surface area contributed by atoms with Crippen LogP contribution in [0.25, 0.3) is 22.5 Å². The average molecular weight is 541 g/mol. The molecular weight excluding hydrogens is 516 g/mol. The number of carbonyl (C=O) groups excluding carboxylic acids is 3. The minimum absolute atomic E-state index is 0.204. The number of rotatable bonds is 6. The van der Waals surface area contributed by atoms with Gasteiger partial charge in [0.1, 0.15) is 18.4 Å². The maximum atomic E-state index is 13.1. The van der Waals surface area contributed by atoms with Gasteiger partial charge in [-0.15, -0.1) is 0 Å². The molecule has 39 heavy (non-hydrogen) atoms. The van der Waals surface area contributed by atoms with E-state index in [-0.39, 0.29) is 18.2 Å². The number of halogens is 1. The number of piperidine rings is 1. The molecule has 8 nitrogen and oxygen atoms in total. The number of imidazole rings is 1. The quantitative estimate of drug-likeness (QED) is 0.356. The number of imide groups is 1. The maximum absolute atomic E-state index is 13.1. The number of nitrogens with zero attached hydrogens (tertiary/aromatic N) is 3. The molecule has 196 valence electrons. The zero-order valence-electron chi connectivity index (χ0n) is 21.2. The van der Waals surface area contributed by atoms with Crippen LogP contribution in [0.3, 0.4) is 0 Å². The maximum Gasteiger partial charge on any atom is 0.255 e. The van der Waals surface area contributed by atoms with Crippen LogP contribution < -0.4 is 10.1 Å². The normalized spacial score (nSPS) is 16.8. The molecule has 2 aliphatic rings. The van der Waals surface area contributed by atoms with Crippen molar-refractivity contribution in [3.05, 3.63) is 94.8 Å². The molecule has 0 aliphatic carbocycles. The Morgan fingerprint density at radius 2 is 1.82 bits per heavy atom. The Morgan fingerprint density at radius 3 is 2.59 bits per heavy atom. The minimum atomic E-state index is -0.652. The fourth-order valence-electron chi connectivity index (χ4n) is 5.20. The first-order valence-electron chi connectivity index (χ1n) is 12.6. The summed E-state index contributed by atoms with van der Waals surface area (Å²) < 4.78 is 7.87. The molecule has 6 rings (SSSR count). The first kappa shape index (κ1) is 24.9. The lowest BCUT2D eigenvalue weighted by molar-refractivity contribution is -0.136. The molecular formula is C30H25ClN4O4. The zero-order chi connectivity index (χ0) is 27.1. The van der Waals surface area contributed by atoms with Gasteiger partial charge in [-0.2, -0.15) is 0 Å². The lowest BCUT2D eigenvalue weighted by Crippen LogP contribution is -2.52. The van der Waals surface area contributed by atoms with Crippen molar-refractivity contribution in [2.75, 3.05) is 0 Å². The third-order valence-electron chi connectivity index (χ3n) is 7.18. The summed E-state index contributed by atoms with van der Waals surface area (Å²) in [5, 5.41) is 2.83. The van der Waals surface area contributed by atoms with Gasteiger partial charge in [0.2, 0.25) is 11.8 Å². The van der Waals surface area contributed by atoms with Gasteiger partial charge >= 0.3 is 0 Å². The number of hydrogen-bond donors (Lipinski definition) is 1. The number of carbonyl (C=O) groups is 3. The molecule has 9 heteroatoms. The van der Waals surface area contributed by atoms with Crippen molar-refractivity contribution in [1.29, 1.82) is 0 Å². The van der Waals surface area contributed by atoms with Crippen molar-refractivity contribution < 1.29 is 19.1 Å². The van der Waals surface area contributed by atoms with Crippen LogP contribution in [-0.2, 0) is 29.8 Å². The summed E-state index contributed by atoms with van der Waals surface area (Å²) in [7, 11) is 1.92. The van der Waals surface area contributed by atoms with Gasteiger partial charge in [-0.05, 0) is 47.9 Å². The highest BCUT2D eigenvalue weighted by Crippen LogP contribution is 2.37. The predicted octanol–water partition coefficient (Wildman–Crippen LogP) is 4.75. The van der Waals surface area contributed by atoms with E-state index in [1.165, 1.54) is 0 Å². The molecule has 3 heterocycles. The molecule has 2 aliphatic heterocycles. The van der Waals surface area contributed by atoms with E-state index in [1.54, 1.807) is 17.3 Å². The molecule has 0 bridgehead atoms. The number of aryl methyl sites for hydroxylation is 1. The van der Waals surface area contributed by atoms with Crippen molar-refractivity contribution >= 4 is 29.3 Å². The van der Waals surface area contributed by atoms with E-state index in [4.69, 9.17) is 16.3 Å². The van der Waals surface area contributed by atoms with E-state index in [2.05, 4.69) is 10.3 Å². The number of hydrogen-bond acceptors (Lipinski definition) is 5. The van der Waals surface area contributed by atoms with Crippen LogP contribution in [0.15, 0.2) is 73.1 Å². The molecule has 1 atom stereocenters. The summed E-state index contributed by atoms with van der Waals surface area (Å²) in [5.41, 5.74) is 5.79. The van der Waals surface area contributed by atoms with Gasteiger partial charge in [-0.3, -0.25) is 19.7 Å². The summed E-state index contributed by atoms with van der Waals surface area (Å²) >= 11 is 6.62. The van der Waals surface area contributed by atoms with Crippen molar-refractivity contribution in [3.63, 3.8) is 0 Å². The van der Waals surface area contributed by atoms with Crippen molar-refractivity contribution in [3.8, 4) is 28.3 Å². The highest BCUT2D eigenvalue weighted by molar-refractivity contribution is 6.32. The average Bonchev–Trinajstić information content (AvgIpc) is 3.48. The fourth-order valence-corrected chi connectivity index (χ4v) is 5.44. The minimum Gasteiger partial charge on any atom is -0.487 e. The van der Waals surface area contributed by atoms with Gasteiger partial charge in [0.25, 0.3) is 5.91 Å².